The van der Waals surface area contributed by atoms with Crippen LogP contribution in [-0.4, -0.2) is 65.4 Å². The van der Waals surface area contributed by atoms with Crippen molar-refractivity contribution in [2.75, 3.05) is 32.6 Å². The molecule has 1 amide bonds. The summed E-state index contributed by atoms with van der Waals surface area (Å²) in [7, 11) is 3.54. The molecule has 3 aromatic rings. The van der Waals surface area contributed by atoms with E-state index in [4.69, 9.17) is 19.0 Å². The van der Waals surface area contributed by atoms with Gasteiger partial charge in [0, 0.05) is 17.3 Å². The molecule has 2 aromatic heterocycles. The molecule has 2 N–H and O–H groups in total. The van der Waals surface area contributed by atoms with Crippen LogP contribution >= 0.6 is 0 Å². The van der Waals surface area contributed by atoms with E-state index in [1.807, 2.05) is 7.05 Å². The number of fused-ring (bicyclic) bond motifs is 3. The Hall–Kier alpha value is -3.99. The first-order valence-corrected chi connectivity index (χ1v) is 13.2. The predicted molar refractivity (Wildman–Crippen MR) is 144 cm³/mol. The normalized spacial score (nSPS) is 18.0. The zero-order valence-electron chi connectivity index (χ0n) is 23.0. The number of ether oxygens (including phenoxy) is 2. The average molecular weight is 535 g/mol. The summed E-state index contributed by atoms with van der Waals surface area (Å²) in [5, 5.41) is 10.5. The van der Waals surface area contributed by atoms with Gasteiger partial charge in [0.1, 0.15) is 11.4 Å². The van der Waals surface area contributed by atoms with Crippen molar-refractivity contribution in [2.24, 2.45) is 0 Å². The van der Waals surface area contributed by atoms with Crippen LogP contribution in [0.1, 0.15) is 72.1 Å². The second-order valence-corrected chi connectivity index (χ2v) is 10.6. The summed E-state index contributed by atoms with van der Waals surface area (Å²) < 4.78 is 16.2. The number of rotatable bonds is 7. The molecular formula is C28H34N6O5. The molecule has 0 radical (unpaired) electrons. The molecule has 3 heterocycles. The highest BCUT2D eigenvalue weighted by Gasteiger charge is 2.39. The maximum absolute atomic E-state index is 13.2. The number of aromatic nitrogens is 3. The van der Waals surface area contributed by atoms with Gasteiger partial charge in [0.05, 0.1) is 31.1 Å². The quantitative estimate of drug-likeness (QED) is 0.428. The van der Waals surface area contributed by atoms with Gasteiger partial charge in [-0.1, -0.05) is 25.1 Å². The fraction of sp³-hybridized carbons (Fsp3) is 0.464. The minimum absolute atomic E-state index is 0.0175. The number of amides is 1. The van der Waals surface area contributed by atoms with E-state index >= 15 is 0 Å². The van der Waals surface area contributed by atoms with E-state index in [0.717, 1.165) is 31.4 Å². The second kappa shape index (κ2) is 10.6. The Morgan fingerprint density at radius 2 is 2.05 bits per heavy atom. The number of anilines is 2. The minimum atomic E-state index is -0.544. The highest BCUT2D eigenvalue weighted by atomic mass is 16.6. The van der Waals surface area contributed by atoms with Crippen LogP contribution in [0.5, 0.6) is 5.75 Å². The number of esters is 1. The van der Waals surface area contributed by atoms with Gasteiger partial charge in [0.25, 0.3) is 5.91 Å². The van der Waals surface area contributed by atoms with E-state index in [0.29, 0.717) is 46.3 Å². The Labute approximate surface area is 227 Å². The van der Waals surface area contributed by atoms with Crippen LogP contribution in [0.15, 0.2) is 28.9 Å². The maximum atomic E-state index is 13.2. The molecular weight excluding hydrogens is 500 g/mol. The van der Waals surface area contributed by atoms with Crippen molar-refractivity contribution in [3.63, 3.8) is 0 Å². The highest BCUT2D eigenvalue weighted by Crippen LogP contribution is 2.43. The monoisotopic (exact) mass is 534 g/mol. The Balaban J connectivity index is 1.46. The fourth-order valence-electron chi connectivity index (χ4n) is 5.31. The van der Waals surface area contributed by atoms with E-state index in [9.17, 15) is 9.59 Å². The van der Waals surface area contributed by atoms with E-state index in [2.05, 4.69) is 39.5 Å². The van der Waals surface area contributed by atoms with E-state index in [-0.39, 0.29) is 29.9 Å². The van der Waals surface area contributed by atoms with Crippen molar-refractivity contribution >= 4 is 23.5 Å². The van der Waals surface area contributed by atoms with Gasteiger partial charge >= 0.3 is 5.97 Å². The number of likely N-dealkylation sites (tertiary alicyclic amines) is 1. The highest BCUT2D eigenvalue weighted by molar-refractivity contribution is 5.99. The molecule has 39 heavy (non-hydrogen) atoms. The van der Waals surface area contributed by atoms with Crippen molar-refractivity contribution < 1.29 is 23.6 Å². The molecule has 1 aliphatic heterocycles. The van der Waals surface area contributed by atoms with E-state index in [1.165, 1.54) is 7.11 Å². The van der Waals surface area contributed by atoms with Gasteiger partial charge in [-0.25, -0.2) is 14.8 Å². The lowest BCUT2D eigenvalue weighted by Gasteiger charge is -2.33. The molecule has 0 bridgehead atoms. The van der Waals surface area contributed by atoms with Crippen LogP contribution < -0.4 is 15.4 Å². The van der Waals surface area contributed by atoms with Gasteiger partial charge in [0.2, 0.25) is 11.7 Å². The first-order valence-electron chi connectivity index (χ1n) is 13.2. The number of methoxy groups -OCH3 is 1. The number of hydrogen-bond donors (Lipinski definition) is 2. The first-order chi connectivity index (χ1) is 18.7. The number of para-hydroxylation sites is 1. The summed E-state index contributed by atoms with van der Waals surface area (Å²) in [4.78, 5) is 37.1. The third kappa shape index (κ3) is 5.06. The number of benzene rings is 1. The molecule has 11 nitrogen and oxygen atoms in total. The molecule has 1 saturated heterocycles. The molecule has 1 aliphatic carbocycles. The van der Waals surface area contributed by atoms with E-state index in [1.54, 1.807) is 31.3 Å². The Morgan fingerprint density at radius 1 is 1.23 bits per heavy atom. The van der Waals surface area contributed by atoms with Crippen molar-refractivity contribution in [1.82, 2.24) is 25.3 Å². The average Bonchev–Trinajstić information content (AvgIpc) is 3.33. The van der Waals surface area contributed by atoms with Gasteiger partial charge in [-0.2, -0.15) is 0 Å². The van der Waals surface area contributed by atoms with Gasteiger partial charge in [-0.15, -0.1) is 0 Å². The summed E-state index contributed by atoms with van der Waals surface area (Å²) in [5.74, 6) is 0.0312. The molecule has 1 aromatic carbocycles. The molecule has 1 atom stereocenters. The van der Waals surface area contributed by atoms with Gasteiger partial charge in [-0.3, -0.25) is 9.69 Å². The number of hydrogen-bond acceptors (Lipinski definition) is 10. The van der Waals surface area contributed by atoms with Crippen molar-refractivity contribution in [2.45, 2.75) is 58.0 Å². The topological polar surface area (TPSA) is 132 Å². The summed E-state index contributed by atoms with van der Waals surface area (Å²) in [6, 6.07) is 5.32. The van der Waals surface area contributed by atoms with Gasteiger partial charge in [-0.05, 0) is 63.7 Å². The van der Waals surface area contributed by atoms with Gasteiger partial charge < -0.3 is 24.6 Å². The summed E-state index contributed by atoms with van der Waals surface area (Å²) in [5.41, 5.74) is 3.22. The molecule has 5 rings (SSSR count). The lowest BCUT2D eigenvalue weighted by Crippen LogP contribution is -2.48. The predicted octanol–water partition coefficient (Wildman–Crippen LogP) is 4.07. The fourth-order valence-corrected chi connectivity index (χ4v) is 5.31. The van der Waals surface area contributed by atoms with Crippen LogP contribution in [-0.2, 0) is 16.6 Å². The third-order valence-electron chi connectivity index (χ3n) is 7.39. The number of piperidine rings is 1. The van der Waals surface area contributed by atoms with Crippen LogP contribution in [0.2, 0.25) is 0 Å². The second-order valence-electron chi connectivity index (χ2n) is 10.6. The standard InChI is InChI=1S/C28H34N6O5/c1-6-38-26(36)24-17-14-28(2,3)18-15-29-27(32-22(18)21(17)33-39-24)30-19-11-9-10-16(23(19)37-5)25(35)31-20-12-7-8-13-34(20)4/h9-11,15,20H,6-8,12-14H2,1-5H3,(H,31,35)(H,29,30,32). The first kappa shape index (κ1) is 26.6. The third-order valence-corrected chi connectivity index (χ3v) is 7.39. The molecule has 1 unspecified atom stereocenters. The smallest absolute Gasteiger partial charge is 0.377 e. The molecule has 206 valence electrons. The van der Waals surface area contributed by atoms with Crippen LogP contribution in [0.4, 0.5) is 11.6 Å². The molecule has 1 fully saturated rings. The SMILES string of the molecule is CCOC(=O)c1onc2c1CC(C)(C)c1cnc(Nc3cccc(C(=O)NC4CCCCN4C)c3OC)nc1-2. The zero-order chi connectivity index (χ0) is 27.7. The molecule has 11 heteroatoms. The Bertz CT molecular complexity index is 1400. The summed E-state index contributed by atoms with van der Waals surface area (Å²) in [6.07, 6.45) is 5.39. The lowest BCUT2D eigenvalue weighted by molar-refractivity contribution is 0.0477. The molecule has 0 spiro atoms. The summed E-state index contributed by atoms with van der Waals surface area (Å²) >= 11 is 0. The maximum Gasteiger partial charge on any atom is 0.377 e. The van der Waals surface area contributed by atoms with Crippen molar-refractivity contribution in [1.29, 1.82) is 0 Å². The van der Waals surface area contributed by atoms with Crippen LogP contribution in [0.25, 0.3) is 11.4 Å². The minimum Gasteiger partial charge on any atom is -0.494 e. The molecule has 2 aliphatic rings. The summed E-state index contributed by atoms with van der Waals surface area (Å²) in [6.45, 7) is 7.04. The number of nitrogens with one attached hydrogen (secondary N) is 2. The molecule has 0 saturated carbocycles. The number of nitrogens with zero attached hydrogens (tertiary/aromatic N) is 4. The largest absolute Gasteiger partial charge is 0.494 e. The van der Waals surface area contributed by atoms with Crippen molar-refractivity contribution in [3.8, 4) is 17.1 Å². The van der Waals surface area contributed by atoms with E-state index < -0.39 is 5.97 Å². The van der Waals surface area contributed by atoms with Crippen LogP contribution in [0, 0.1) is 0 Å². The number of carbonyl (C=O) groups excluding carboxylic acids is 2. The Kier molecular flexibility index (Phi) is 7.26. The number of carbonyl (C=O) groups is 2. The zero-order valence-corrected chi connectivity index (χ0v) is 23.0. The van der Waals surface area contributed by atoms with Crippen LogP contribution in [0.3, 0.4) is 0 Å². The van der Waals surface area contributed by atoms with Crippen molar-refractivity contribution in [3.05, 3.63) is 46.8 Å². The van der Waals surface area contributed by atoms with Gasteiger partial charge in [0.15, 0.2) is 5.75 Å². The lowest BCUT2D eigenvalue weighted by atomic mass is 9.74. The Morgan fingerprint density at radius 3 is 2.79 bits per heavy atom.